The predicted molar refractivity (Wildman–Crippen MR) is 123 cm³/mol. The lowest BCUT2D eigenvalue weighted by atomic mass is 9.86. The lowest BCUT2D eigenvalue weighted by molar-refractivity contribution is -0.138. The molecule has 0 radical (unpaired) electrons. The molecule has 8 nitrogen and oxygen atoms in total. The number of likely N-dealkylation sites (tertiary alicyclic amines) is 2. The number of alkyl halides is 3. The molecule has 35 heavy (non-hydrogen) atoms. The van der Waals surface area contributed by atoms with Gasteiger partial charge in [0.15, 0.2) is 0 Å². The Balaban J connectivity index is 1.28. The van der Waals surface area contributed by atoms with Crippen LogP contribution in [0.25, 0.3) is 0 Å². The first-order chi connectivity index (χ1) is 16.6. The number of hydrogen-bond acceptors (Lipinski definition) is 5. The van der Waals surface area contributed by atoms with Crippen LogP contribution >= 0.6 is 0 Å². The van der Waals surface area contributed by atoms with Crippen molar-refractivity contribution in [3.8, 4) is 0 Å². The van der Waals surface area contributed by atoms with Crippen LogP contribution in [-0.4, -0.2) is 70.8 Å². The van der Waals surface area contributed by atoms with Crippen molar-refractivity contribution < 1.29 is 22.8 Å². The molecule has 11 heteroatoms. The second-order valence-corrected chi connectivity index (χ2v) is 9.99. The zero-order chi connectivity index (χ0) is 24.8. The fraction of sp³-hybridized carbons (Fsp3) is 0.542. The van der Waals surface area contributed by atoms with E-state index in [1.807, 2.05) is 0 Å². The van der Waals surface area contributed by atoms with E-state index in [-0.39, 0.29) is 23.6 Å². The van der Waals surface area contributed by atoms with Gasteiger partial charge in [0.1, 0.15) is 0 Å². The van der Waals surface area contributed by atoms with Crippen LogP contribution < -0.4 is 10.6 Å². The minimum atomic E-state index is -4.40. The maximum Gasteiger partial charge on any atom is 0.416 e. The maximum atomic E-state index is 13.8. The Labute approximate surface area is 201 Å². The summed E-state index contributed by atoms with van der Waals surface area (Å²) < 4.78 is 42.4. The minimum absolute atomic E-state index is 0.152. The van der Waals surface area contributed by atoms with Crippen molar-refractivity contribution in [1.29, 1.82) is 0 Å². The number of aromatic nitrogens is 2. The zero-order valence-corrected chi connectivity index (χ0v) is 19.4. The van der Waals surface area contributed by atoms with E-state index in [2.05, 4.69) is 14.9 Å². The maximum absolute atomic E-state index is 13.8. The third kappa shape index (κ3) is 4.73. The molecule has 2 aromatic rings. The zero-order valence-electron chi connectivity index (χ0n) is 19.4. The summed E-state index contributed by atoms with van der Waals surface area (Å²) in [5, 5.41) is 3.95. The quantitative estimate of drug-likeness (QED) is 0.712. The van der Waals surface area contributed by atoms with Crippen LogP contribution in [0.5, 0.6) is 0 Å². The number of hydrogen-bond donors (Lipinski definition) is 1. The Bertz CT molecular complexity index is 1130. The summed E-state index contributed by atoms with van der Waals surface area (Å²) in [4.78, 5) is 30.1. The molecule has 3 saturated heterocycles. The molecule has 2 amide bonds. The van der Waals surface area contributed by atoms with Crippen LogP contribution in [0.2, 0.25) is 0 Å². The van der Waals surface area contributed by atoms with Crippen molar-refractivity contribution in [2.75, 3.05) is 44.2 Å². The minimum Gasteiger partial charge on any atom is -0.372 e. The summed E-state index contributed by atoms with van der Waals surface area (Å²) in [5.41, 5.74) is 5.83. The van der Waals surface area contributed by atoms with Gasteiger partial charge in [0, 0.05) is 56.6 Å². The molecule has 3 fully saturated rings. The van der Waals surface area contributed by atoms with Crippen molar-refractivity contribution in [2.45, 2.75) is 38.4 Å². The molecule has 1 unspecified atom stereocenters. The van der Waals surface area contributed by atoms with E-state index in [0.717, 1.165) is 49.1 Å². The molecule has 0 saturated carbocycles. The smallest absolute Gasteiger partial charge is 0.372 e. The van der Waals surface area contributed by atoms with E-state index in [9.17, 15) is 22.8 Å². The average Bonchev–Trinajstić information content (AvgIpc) is 3.61. The number of anilines is 1. The lowest BCUT2D eigenvalue weighted by Crippen LogP contribution is -2.36. The fourth-order valence-electron chi connectivity index (χ4n) is 5.69. The molecular formula is C24H29F3N6O2. The van der Waals surface area contributed by atoms with Crippen LogP contribution in [0.15, 0.2) is 30.6 Å². The Kier molecular flexibility index (Phi) is 5.98. The highest BCUT2D eigenvalue weighted by Gasteiger charge is 2.45. The highest BCUT2D eigenvalue weighted by atomic mass is 19.4. The van der Waals surface area contributed by atoms with Gasteiger partial charge in [-0.25, -0.2) is 4.79 Å². The van der Waals surface area contributed by atoms with Crippen LogP contribution in [-0.2, 0) is 12.7 Å². The molecule has 2 N–H and O–H groups in total. The number of nitrogens with zero attached hydrogens (tertiary/aromatic N) is 5. The number of primary amides is 1. The molecule has 4 heterocycles. The second-order valence-electron chi connectivity index (χ2n) is 9.99. The third-order valence-corrected chi connectivity index (χ3v) is 7.55. The molecule has 3 aliphatic heterocycles. The predicted octanol–water partition coefficient (Wildman–Crippen LogP) is 3.17. The van der Waals surface area contributed by atoms with Crippen molar-refractivity contribution in [2.24, 2.45) is 11.1 Å². The number of nitrogens with two attached hydrogens (primary N) is 1. The van der Waals surface area contributed by atoms with Crippen molar-refractivity contribution in [3.63, 3.8) is 0 Å². The molecule has 1 spiro atoms. The number of benzene rings is 1. The molecule has 188 valence electrons. The summed E-state index contributed by atoms with van der Waals surface area (Å²) in [7, 11) is 0. The summed E-state index contributed by atoms with van der Waals surface area (Å²) in [6, 6.07) is 4.18. The summed E-state index contributed by atoms with van der Waals surface area (Å²) in [6.45, 7) is 4.34. The van der Waals surface area contributed by atoms with Gasteiger partial charge in [-0.15, -0.1) is 0 Å². The van der Waals surface area contributed by atoms with Crippen LogP contribution in [0.3, 0.4) is 0 Å². The van der Waals surface area contributed by atoms with Gasteiger partial charge in [0.2, 0.25) is 0 Å². The van der Waals surface area contributed by atoms with Gasteiger partial charge in [0.25, 0.3) is 5.91 Å². The van der Waals surface area contributed by atoms with E-state index >= 15 is 0 Å². The summed E-state index contributed by atoms with van der Waals surface area (Å²) >= 11 is 0. The Hall–Kier alpha value is -3.08. The van der Waals surface area contributed by atoms with Gasteiger partial charge in [-0.05, 0) is 56.0 Å². The molecule has 5 rings (SSSR count). The Morgan fingerprint density at radius 1 is 1.06 bits per heavy atom. The molecule has 3 aliphatic rings. The third-order valence-electron chi connectivity index (χ3n) is 7.55. The van der Waals surface area contributed by atoms with Gasteiger partial charge < -0.3 is 15.5 Å². The summed E-state index contributed by atoms with van der Waals surface area (Å²) in [6.07, 6.45) is 1.89. The number of carbonyl (C=O) groups is 2. The normalized spacial score (nSPS) is 23.1. The fourth-order valence-corrected chi connectivity index (χ4v) is 5.69. The average molecular weight is 491 g/mol. The highest BCUT2D eigenvalue weighted by Crippen LogP contribution is 2.41. The van der Waals surface area contributed by atoms with Gasteiger partial charge in [0.05, 0.1) is 17.3 Å². The Morgan fingerprint density at radius 3 is 2.49 bits per heavy atom. The van der Waals surface area contributed by atoms with Gasteiger partial charge in [-0.3, -0.25) is 9.69 Å². The van der Waals surface area contributed by atoms with E-state index in [1.54, 1.807) is 17.0 Å². The van der Waals surface area contributed by atoms with Crippen LogP contribution in [0, 0.1) is 5.41 Å². The molecule has 1 aromatic heterocycles. The van der Waals surface area contributed by atoms with Gasteiger partial charge in [-0.1, -0.05) is 0 Å². The largest absolute Gasteiger partial charge is 0.416 e. The van der Waals surface area contributed by atoms with Gasteiger partial charge in [-0.2, -0.15) is 23.0 Å². The van der Waals surface area contributed by atoms with Gasteiger partial charge >= 0.3 is 12.2 Å². The van der Waals surface area contributed by atoms with Crippen molar-refractivity contribution >= 4 is 17.6 Å². The molecular weight excluding hydrogens is 461 g/mol. The monoisotopic (exact) mass is 490 g/mol. The molecule has 1 aromatic carbocycles. The number of carbonyl (C=O) groups excluding carboxylic acids is 2. The van der Waals surface area contributed by atoms with Crippen LogP contribution in [0.4, 0.5) is 23.7 Å². The van der Waals surface area contributed by atoms with Crippen LogP contribution in [0.1, 0.15) is 47.2 Å². The summed E-state index contributed by atoms with van der Waals surface area (Å²) in [5.74, 6) is -0.652. The lowest BCUT2D eigenvalue weighted by Gasteiger charge is -2.26. The number of rotatable bonds is 4. The second kappa shape index (κ2) is 8.85. The van der Waals surface area contributed by atoms with Crippen molar-refractivity contribution in [3.05, 3.63) is 47.3 Å². The van der Waals surface area contributed by atoms with E-state index < -0.39 is 17.6 Å². The first-order valence-corrected chi connectivity index (χ1v) is 11.9. The number of amides is 2. The van der Waals surface area contributed by atoms with E-state index in [0.29, 0.717) is 31.7 Å². The topological polar surface area (TPSA) is 87.7 Å². The van der Waals surface area contributed by atoms with E-state index in [1.165, 1.54) is 18.5 Å². The standard InChI is InChI=1S/C24H29F3N6O2/c25-24(26,27)20-4-3-19(31-7-1-2-8-31)11-17(20)13-30-9-5-23(15-30)6-10-32(16-23)22(35)33-14-18(12-29-33)21(28)34/h3-4,11-12,14H,1-2,5-10,13,15-16H2,(H2,28,34). The van der Waals surface area contributed by atoms with E-state index in [4.69, 9.17) is 5.73 Å². The first-order valence-electron chi connectivity index (χ1n) is 11.9. The SMILES string of the molecule is NC(=O)c1cnn(C(=O)N2CCC3(CCN(Cc4cc(N5CCCC5)ccc4C(F)(F)F)C3)C2)c1. The number of halogens is 3. The molecule has 0 bridgehead atoms. The Morgan fingerprint density at radius 2 is 1.80 bits per heavy atom. The molecule has 0 aliphatic carbocycles. The first kappa shape index (κ1) is 23.7. The van der Waals surface area contributed by atoms with Crippen molar-refractivity contribution in [1.82, 2.24) is 19.6 Å². The molecule has 1 atom stereocenters. The highest BCUT2D eigenvalue weighted by molar-refractivity contribution is 5.93.